The zero-order valence-corrected chi connectivity index (χ0v) is 9.56. The minimum atomic E-state index is 0.0875. The van der Waals surface area contributed by atoms with Gasteiger partial charge < -0.3 is 27.9 Å². The van der Waals surface area contributed by atoms with Gasteiger partial charge in [0.1, 0.15) is 5.82 Å². The number of nitrogens with one attached hydrogen (secondary N) is 1. The van der Waals surface area contributed by atoms with Crippen LogP contribution in [0.25, 0.3) is 0 Å². The van der Waals surface area contributed by atoms with Gasteiger partial charge in [0.05, 0.1) is 0 Å². The van der Waals surface area contributed by atoms with Gasteiger partial charge in [-0.15, -0.1) is 0 Å². The van der Waals surface area contributed by atoms with Gasteiger partial charge in [0.15, 0.2) is 11.9 Å². The number of nitrogens with two attached hydrogens (primary N) is 4. The van der Waals surface area contributed by atoms with Gasteiger partial charge in [-0.2, -0.15) is 0 Å². The van der Waals surface area contributed by atoms with Crippen LogP contribution in [0.15, 0.2) is 16.2 Å². The van der Waals surface area contributed by atoms with Crippen LogP contribution in [0.4, 0.5) is 0 Å². The molecule has 0 saturated carbocycles. The summed E-state index contributed by atoms with van der Waals surface area (Å²) in [5.41, 5.74) is 21.8. The molecule has 0 unspecified atom stereocenters. The molecule has 0 aliphatic rings. The van der Waals surface area contributed by atoms with E-state index in [4.69, 9.17) is 22.9 Å². The van der Waals surface area contributed by atoms with Gasteiger partial charge in [0, 0.05) is 37.8 Å². The maximum atomic E-state index is 5.22. The molecule has 0 bridgehead atoms. The first-order valence-corrected chi connectivity index (χ1v) is 5.21. The minimum absolute atomic E-state index is 0.0875. The molecule has 8 nitrogen and oxygen atoms in total. The van der Waals surface area contributed by atoms with Crippen molar-refractivity contribution in [2.24, 2.45) is 32.9 Å². The topological polar surface area (TPSA) is 157 Å². The average Bonchev–Trinajstić information content (AvgIpc) is 2.65. The summed E-state index contributed by atoms with van der Waals surface area (Å²) in [5, 5.41) is 0. The molecule has 0 saturated heterocycles. The molecule has 0 fully saturated rings. The van der Waals surface area contributed by atoms with Gasteiger partial charge in [0.2, 0.25) is 0 Å². The third-order valence-corrected chi connectivity index (χ3v) is 2.00. The average molecular weight is 238 g/mol. The maximum Gasteiger partial charge on any atom is 0.185 e. The van der Waals surface area contributed by atoms with E-state index in [1.54, 1.807) is 6.20 Å². The predicted molar refractivity (Wildman–Crippen MR) is 67.3 cm³/mol. The Balaban J connectivity index is 2.37. The third-order valence-electron chi connectivity index (χ3n) is 2.00. The fourth-order valence-corrected chi connectivity index (χ4v) is 1.26. The monoisotopic (exact) mass is 238 g/mol. The smallest absolute Gasteiger partial charge is 0.185 e. The fraction of sp³-hybridized carbons (Fsp3) is 0.444. The number of imidazole rings is 1. The molecule has 0 radical (unpaired) electrons. The quantitative estimate of drug-likeness (QED) is 0.287. The number of H-pyrrole nitrogens is 1. The molecular weight excluding hydrogens is 220 g/mol. The predicted octanol–water partition coefficient (Wildman–Crippen LogP) is -1.96. The molecule has 1 aromatic rings. The Kier molecular flexibility index (Phi) is 4.79. The van der Waals surface area contributed by atoms with Gasteiger partial charge in [-0.25, -0.2) is 4.98 Å². The maximum absolute atomic E-state index is 5.22. The largest absolute Gasteiger partial charge is 0.370 e. The molecule has 0 aliphatic carbocycles. The first-order chi connectivity index (χ1) is 8.08. The van der Waals surface area contributed by atoms with E-state index in [9.17, 15) is 0 Å². The van der Waals surface area contributed by atoms with Gasteiger partial charge in [0.25, 0.3) is 0 Å². The Labute approximate surface area is 99.2 Å². The van der Waals surface area contributed by atoms with Crippen molar-refractivity contribution in [3.05, 3.63) is 17.7 Å². The van der Waals surface area contributed by atoms with Crippen molar-refractivity contribution in [3.63, 3.8) is 0 Å². The zero-order valence-electron chi connectivity index (χ0n) is 9.56. The lowest BCUT2D eigenvalue weighted by atomic mass is 10.3. The second-order valence-corrected chi connectivity index (χ2v) is 3.47. The van der Waals surface area contributed by atoms with Crippen LogP contribution in [0.3, 0.4) is 0 Å². The molecule has 9 N–H and O–H groups in total. The van der Waals surface area contributed by atoms with E-state index < -0.39 is 0 Å². The Morgan fingerprint density at radius 1 is 1.06 bits per heavy atom. The van der Waals surface area contributed by atoms with E-state index in [2.05, 4.69) is 20.0 Å². The number of guanidine groups is 2. The second kappa shape index (κ2) is 6.36. The van der Waals surface area contributed by atoms with Crippen molar-refractivity contribution >= 4 is 11.9 Å². The lowest BCUT2D eigenvalue weighted by Gasteiger charge is -1.95. The molecule has 8 heteroatoms. The Morgan fingerprint density at radius 3 is 2.24 bits per heavy atom. The van der Waals surface area contributed by atoms with Crippen LogP contribution < -0.4 is 22.9 Å². The van der Waals surface area contributed by atoms with E-state index >= 15 is 0 Å². The molecule has 94 valence electrons. The molecule has 1 aromatic heterocycles. The molecule has 17 heavy (non-hydrogen) atoms. The summed E-state index contributed by atoms with van der Waals surface area (Å²) in [6.07, 6.45) is 3.14. The summed E-state index contributed by atoms with van der Waals surface area (Å²) in [5.74, 6) is 1.02. The van der Waals surface area contributed by atoms with E-state index in [-0.39, 0.29) is 11.9 Å². The Hall–Kier alpha value is -2.25. The number of hydrogen-bond acceptors (Lipinski definition) is 3. The van der Waals surface area contributed by atoms with Crippen LogP contribution in [0.1, 0.15) is 11.5 Å². The summed E-state index contributed by atoms with van der Waals surface area (Å²) >= 11 is 0. The number of rotatable bonds is 6. The summed E-state index contributed by atoms with van der Waals surface area (Å²) in [6.45, 7) is 1.06. The highest BCUT2D eigenvalue weighted by Crippen LogP contribution is 1.99. The Morgan fingerprint density at radius 2 is 1.65 bits per heavy atom. The van der Waals surface area contributed by atoms with Crippen molar-refractivity contribution < 1.29 is 0 Å². The first-order valence-electron chi connectivity index (χ1n) is 5.21. The second-order valence-electron chi connectivity index (χ2n) is 3.47. The van der Waals surface area contributed by atoms with E-state index in [0.29, 0.717) is 25.9 Å². The zero-order chi connectivity index (χ0) is 12.7. The number of aromatic nitrogens is 2. The van der Waals surface area contributed by atoms with Crippen LogP contribution in [-0.2, 0) is 12.8 Å². The highest BCUT2D eigenvalue weighted by Gasteiger charge is 2.00. The normalized spacial score (nSPS) is 9.88. The molecule has 0 aliphatic heterocycles. The van der Waals surface area contributed by atoms with E-state index in [0.717, 1.165) is 11.5 Å². The van der Waals surface area contributed by atoms with Crippen molar-refractivity contribution in [1.29, 1.82) is 0 Å². The molecule has 1 rings (SSSR count). The van der Waals surface area contributed by atoms with Gasteiger partial charge >= 0.3 is 0 Å². The summed E-state index contributed by atoms with van der Waals surface area (Å²) in [4.78, 5) is 15.1. The number of nitrogens with zero attached hydrogens (tertiary/aromatic N) is 3. The standard InChI is InChI=1S/C9H18N8/c10-8(11)14-3-1-6-5-16-7(17-6)2-4-15-9(12)13/h5H,1-4H2,(H,16,17)(H4,10,11,14)(H4,12,13,15). The molecule has 0 spiro atoms. The molecule has 1 heterocycles. The van der Waals surface area contributed by atoms with Gasteiger partial charge in [-0.05, 0) is 0 Å². The lowest BCUT2D eigenvalue weighted by molar-refractivity contribution is 0.871. The van der Waals surface area contributed by atoms with Crippen LogP contribution in [0.5, 0.6) is 0 Å². The molecule has 0 atom stereocenters. The fourth-order valence-electron chi connectivity index (χ4n) is 1.26. The van der Waals surface area contributed by atoms with Crippen molar-refractivity contribution in [1.82, 2.24) is 9.97 Å². The number of aliphatic imine (C=N–C) groups is 2. The molecule has 0 aromatic carbocycles. The first kappa shape index (κ1) is 12.8. The SMILES string of the molecule is NC(N)=NCCc1cnc(CCN=C(N)N)[nH]1. The van der Waals surface area contributed by atoms with Crippen LogP contribution in [0.2, 0.25) is 0 Å². The Bertz CT molecular complexity index is 360. The molecule has 0 amide bonds. The summed E-state index contributed by atoms with van der Waals surface area (Å²) in [6, 6.07) is 0. The lowest BCUT2D eigenvalue weighted by Crippen LogP contribution is -2.23. The third kappa shape index (κ3) is 5.40. The van der Waals surface area contributed by atoms with E-state index in [1.807, 2.05) is 0 Å². The van der Waals surface area contributed by atoms with Crippen LogP contribution >= 0.6 is 0 Å². The summed E-state index contributed by atoms with van der Waals surface area (Å²) < 4.78 is 0. The minimum Gasteiger partial charge on any atom is -0.370 e. The van der Waals surface area contributed by atoms with Gasteiger partial charge in [-0.1, -0.05) is 0 Å². The van der Waals surface area contributed by atoms with Crippen molar-refractivity contribution in [3.8, 4) is 0 Å². The highest BCUT2D eigenvalue weighted by molar-refractivity contribution is 5.75. The van der Waals surface area contributed by atoms with Crippen LogP contribution in [-0.4, -0.2) is 35.0 Å². The van der Waals surface area contributed by atoms with Crippen molar-refractivity contribution in [2.45, 2.75) is 12.8 Å². The number of aromatic amines is 1. The van der Waals surface area contributed by atoms with Gasteiger partial charge in [-0.3, -0.25) is 9.98 Å². The van der Waals surface area contributed by atoms with Crippen LogP contribution in [0, 0.1) is 0 Å². The van der Waals surface area contributed by atoms with E-state index in [1.165, 1.54) is 0 Å². The summed E-state index contributed by atoms with van der Waals surface area (Å²) in [7, 11) is 0. The highest BCUT2D eigenvalue weighted by atomic mass is 15.0. The molecular formula is C9H18N8. The number of hydrogen-bond donors (Lipinski definition) is 5. The van der Waals surface area contributed by atoms with Crippen molar-refractivity contribution in [2.75, 3.05) is 13.1 Å².